The number of rotatable bonds is 6. The molecule has 0 aromatic carbocycles. The molecular formula is C14H18FN3O5. The average Bonchev–Trinajstić information content (AvgIpc) is 3.32. The minimum Gasteiger partial charge on any atom is -0.462 e. The first-order valence-electron chi connectivity index (χ1n) is 7.52. The summed E-state index contributed by atoms with van der Waals surface area (Å²) in [5.74, 6) is -1.61. The minimum absolute atomic E-state index is 0.00158. The monoisotopic (exact) mass is 327 g/mol. The van der Waals surface area contributed by atoms with E-state index in [2.05, 4.69) is 4.74 Å². The van der Waals surface area contributed by atoms with E-state index in [4.69, 9.17) is 10.6 Å². The average molecular weight is 327 g/mol. The molecule has 9 heteroatoms. The molecule has 2 bridgehead atoms. The highest BCUT2D eigenvalue weighted by molar-refractivity contribution is 5.91. The molecule has 3 rings (SSSR count). The molecular weight excluding hydrogens is 309 g/mol. The molecule has 1 saturated carbocycles. The van der Waals surface area contributed by atoms with E-state index in [1.54, 1.807) is 6.08 Å². The number of esters is 1. The Hall–Kier alpha value is -2.16. The maximum atomic E-state index is 13.8. The Morgan fingerprint density at radius 2 is 2.17 bits per heavy atom. The van der Waals surface area contributed by atoms with Crippen LogP contribution in [0.3, 0.4) is 0 Å². The summed E-state index contributed by atoms with van der Waals surface area (Å²) in [5.41, 5.74) is 6.20. The highest BCUT2D eigenvalue weighted by Crippen LogP contribution is 2.43. The van der Waals surface area contributed by atoms with Crippen molar-refractivity contribution < 1.29 is 28.3 Å². The number of carbonyl (C=O) groups excluding carboxylic acids is 3. The Morgan fingerprint density at radius 3 is 2.74 bits per heavy atom. The van der Waals surface area contributed by atoms with Gasteiger partial charge in [0.05, 0.1) is 19.2 Å². The van der Waals surface area contributed by atoms with Crippen LogP contribution < -0.4 is 5.73 Å². The van der Waals surface area contributed by atoms with E-state index in [0.717, 1.165) is 23.5 Å². The molecule has 23 heavy (non-hydrogen) atoms. The van der Waals surface area contributed by atoms with Crippen LogP contribution in [0.5, 0.6) is 0 Å². The largest absolute Gasteiger partial charge is 0.462 e. The van der Waals surface area contributed by atoms with Crippen molar-refractivity contribution in [3.63, 3.8) is 0 Å². The molecule has 1 aliphatic carbocycles. The molecule has 3 atom stereocenters. The number of halogens is 1. The highest BCUT2D eigenvalue weighted by atomic mass is 19.1. The fraction of sp³-hybridized carbons (Fsp3) is 0.643. The summed E-state index contributed by atoms with van der Waals surface area (Å²) in [5, 5.41) is 0.785. The molecule has 0 aromatic heterocycles. The number of hydrogen-bond donors (Lipinski definition) is 1. The van der Waals surface area contributed by atoms with Crippen LogP contribution in [0.25, 0.3) is 0 Å². The van der Waals surface area contributed by atoms with Crippen molar-refractivity contribution in [2.75, 3.05) is 13.2 Å². The summed E-state index contributed by atoms with van der Waals surface area (Å²) >= 11 is 0. The standard InChI is InChI=1S/C14H18FN3O5/c1-2-22-13(20)11(15)23-18-8-5-9(7-3-4-7)10(12(16)19)17(6-8)14(18)21/h5,7-8,10-11H,2-4,6H2,1H3,(H2,16,19)/t8?,10-,11-/m0/s1. The van der Waals surface area contributed by atoms with Crippen LogP contribution in [0, 0.1) is 5.92 Å². The quantitative estimate of drug-likeness (QED) is 0.550. The molecule has 2 aliphatic heterocycles. The molecule has 0 spiro atoms. The Morgan fingerprint density at radius 1 is 1.48 bits per heavy atom. The number of nitrogens with two attached hydrogens (primary N) is 1. The van der Waals surface area contributed by atoms with Gasteiger partial charge in [0.25, 0.3) is 0 Å². The van der Waals surface area contributed by atoms with E-state index in [-0.39, 0.29) is 19.1 Å². The first kappa shape index (κ1) is 15.7. The summed E-state index contributed by atoms with van der Waals surface area (Å²) in [6.45, 7) is 1.70. The molecule has 0 aromatic rings. The minimum atomic E-state index is -2.40. The van der Waals surface area contributed by atoms with Gasteiger partial charge in [0.2, 0.25) is 5.91 Å². The van der Waals surface area contributed by atoms with E-state index in [1.807, 2.05) is 0 Å². The maximum absolute atomic E-state index is 13.8. The van der Waals surface area contributed by atoms with E-state index in [0.29, 0.717) is 0 Å². The maximum Gasteiger partial charge on any atom is 0.370 e. The third-order valence-corrected chi connectivity index (χ3v) is 4.13. The number of fused-ring (bicyclic) bond motifs is 2. The first-order valence-corrected chi connectivity index (χ1v) is 7.52. The van der Waals surface area contributed by atoms with Crippen LogP contribution in [0.15, 0.2) is 11.6 Å². The van der Waals surface area contributed by atoms with E-state index >= 15 is 0 Å². The lowest BCUT2D eigenvalue weighted by Crippen LogP contribution is -2.49. The van der Waals surface area contributed by atoms with Crippen molar-refractivity contribution in [3.8, 4) is 0 Å². The first-order chi connectivity index (χ1) is 10.9. The number of carbonyl (C=O) groups is 3. The second-order valence-corrected chi connectivity index (χ2v) is 5.75. The fourth-order valence-electron chi connectivity index (χ4n) is 3.02. The topological polar surface area (TPSA) is 102 Å². The predicted molar refractivity (Wildman–Crippen MR) is 74.1 cm³/mol. The highest BCUT2D eigenvalue weighted by Gasteiger charge is 2.51. The van der Waals surface area contributed by atoms with Crippen LogP contribution in [0.1, 0.15) is 19.8 Å². The van der Waals surface area contributed by atoms with Gasteiger partial charge in [-0.3, -0.25) is 4.79 Å². The van der Waals surface area contributed by atoms with Crippen LogP contribution >= 0.6 is 0 Å². The second-order valence-electron chi connectivity index (χ2n) is 5.75. The number of amides is 3. The third kappa shape index (κ3) is 2.76. The number of urea groups is 1. The van der Waals surface area contributed by atoms with E-state index in [1.165, 1.54) is 11.8 Å². The van der Waals surface area contributed by atoms with Crippen molar-refractivity contribution in [2.45, 2.75) is 38.2 Å². The molecule has 3 amide bonds. The van der Waals surface area contributed by atoms with Crippen LogP contribution in [-0.4, -0.2) is 59.5 Å². The predicted octanol–water partition coefficient (Wildman–Crippen LogP) is 0.0868. The number of ether oxygens (including phenoxy) is 1. The van der Waals surface area contributed by atoms with Gasteiger partial charge in [-0.05, 0) is 31.3 Å². The van der Waals surface area contributed by atoms with Gasteiger partial charge in [0.15, 0.2) is 0 Å². The van der Waals surface area contributed by atoms with Crippen molar-refractivity contribution in [2.24, 2.45) is 11.7 Å². The summed E-state index contributed by atoms with van der Waals surface area (Å²) in [4.78, 5) is 41.5. The van der Waals surface area contributed by atoms with Gasteiger partial charge in [-0.25, -0.2) is 18.8 Å². The number of hydrogen-bond acceptors (Lipinski definition) is 5. The Kier molecular flexibility index (Phi) is 3.97. The summed E-state index contributed by atoms with van der Waals surface area (Å²) in [6.07, 6.45) is 1.19. The normalized spacial score (nSPS) is 27.7. The van der Waals surface area contributed by atoms with Gasteiger partial charge in [-0.2, -0.15) is 5.06 Å². The van der Waals surface area contributed by atoms with Crippen LogP contribution in [0.2, 0.25) is 0 Å². The Bertz CT molecular complexity index is 577. The summed E-state index contributed by atoms with van der Waals surface area (Å²) in [7, 11) is 0. The van der Waals surface area contributed by atoms with Gasteiger partial charge in [0.1, 0.15) is 6.04 Å². The lowest BCUT2D eigenvalue weighted by atomic mass is 9.95. The molecule has 126 valence electrons. The summed E-state index contributed by atoms with van der Waals surface area (Å²) in [6, 6.07) is -2.07. The van der Waals surface area contributed by atoms with Crippen LogP contribution in [-0.2, 0) is 19.2 Å². The summed E-state index contributed by atoms with van der Waals surface area (Å²) < 4.78 is 18.3. The zero-order chi connectivity index (χ0) is 16.7. The van der Waals surface area contributed by atoms with Crippen molar-refractivity contribution in [3.05, 3.63) is 11.6 Å². The molecule has 2 heterocycles. The number of hydroxylamine groups is 2. The molecule has 2 N–H and O–H groups in total. The van der Waals surface area contributed by atoms with Gasteiger partial charge in [0, 0.05) is 0 Å². The Balaban J connectivity index is 1.79. The van der Waals surface area contributed by atoms with E-state index < -0.39 is 36.3 Å². The van der Waals surface area contributed by atoms with Crippen molar-refractivity contribution in [1.82, 2.24) is 9.96 Å². The third-order valence-electron chi connectivity index (χ3n) is 4.13. The molecule has 1 unspecified atom stereocenters. The fourth-order valence-corrected chi connectivity index (χ4v) is 3.02. The van der Waals surface area contributed by atoms with Gasteiger partial charge in [-0.15, -0.1) is 0 Å². The molecule has 0 radical (unpaired) electrons. The molecule has 2 fully saturated rings. The lowest BCUT2D eigenvalue weighted by molar-refractivity contribution is -0.223. The van der Waals surface area contributed by atoms with Crippen LogP contribution in [0.4, 0.5) is 9.18 Å². The molecule has 3 aliphatic rings. The van der Waals surface area contributed by atoms with Gasteiger partial charge < -0.3 is 15.4 Å². The smallest absolute Gasteiger partial charge is 0.370 e. The number of nitrogens with zero attached hydrogens (tertiary/aromatic N) is 2. The number of alkyl halides is 1. The SMILES string of the molecule is CCOC(=O)[C@@H](F)ON1C(=O)N2CC1C=C(C1CC1)[C@H]2C(N)=O. The van der Waals surface area contributed by atoms with Crippen molar-refractivity contribution >= 4 is 17.9 Å². The number of primary amides is 1. The Labute approximate surface area is 131 Å². The lowest BCUT2D eigenvalue weighted by Gasteiger charge is -2.29. The van der Waals surface area contributed by atoms with Crippen molar-refractivity contribution in [1.29, 1.82) is 0 Å². The van der Waals surface area contributed by atoms with E-state index in [9.17, 15) is 18.8 Å². The van der Waals surface area contributed by atoms with Gasteiger partial charge >= 0.3 is 18.4 Å². The molecule has 8 nitrogen and oxygen atoms in total. The second kappa shape index (κ2) is 5.80. The van der Waals surface area contributed by atoms with Gasteiger partial charge in [-0.1, -0.05) is 6.08 Å². The molecule has 1 saturated heterocycles. The zero-order valence-corrected chi connectivity index (χ0v) is 12.6. The zero-order valence-electron chi connectivity index (χ0n) is 12.6.